The van der Waals surface area contributed by atoms with Crippen molar-refractivity contribution >= 4 is 36.6 Å². The summed E-state index contributed by atoms with van der Waals surface area (Å²) in [6.45, 7) is 4.91. The highest BCUT2D eigenvalue weighted by Crippen LogP contribution is 2.34. The largest absolute Gasteiger partial charge is 0.366 e. The van der Waals surface area contributed by atoms with Crippen molar-refractivity contribution in [3.8, 4) is 0 Å². The summed E-state index contributed by atoms with van der Waals surface area (Å²) < 4.78 is 14.8. The Bertz CT molecular complexity index is 1050. The summed E-state index contributed by atoms with van der Waals surface area (Å²) in [5, 5.41) is 10.6. The molecule has 3 heterocycles. The Morgan fingerprint density at radius 3 is 2.70 bits per heavy atom. The molecule has 158 valence electrons. The number of likely N-dealkylation sites (N-methyl/N-ethyl adjacent to an activating group) is 1. The first-order chi connectivity index (χ1) is 13.9. The highest BCUT2D eigenvalue weighted by molar-refractivity contribution is 7.59. The van der Waals surface area contributed by atoms with E-state index in [4.69, 9.17) is 0 Å². The predicted octanol–water partition coefficient (Wildman–Crippen LogP) is 3.28. The van der Waals surface area contributed by atoms with Crippen LogP contribution in [-0.2, 0) is 17.9 Å². The van der Waals surface area contributed by atoms with Crippen molar-refractivity contribution in [2.45, 2.75) is 33.0 Å². The standard InChI is InChI=1S/C21H23FN6O.H2S/c1-13-20-18(27(3)14(2)21(29)26-20)8-19(25-13)23-9-16-10-24-28(12-16)11-15-4-6-17(22)7-5-15;/h4-8,10,12,14H,9,11H2,1-3H3,(H,23,25)(H,26,29);1H2/t14-;/m0./s1. The Hall–Kier alpha value is -3.07. The van der Waals surface area contributed by atoms with E-state index >= 15 is 0 Å². The van der Waals surface area contributed by atoms with Gasteiger partial charge in [-0.3, -0.25) is 9.48 Å². The van der Waals surface area contributed by atoms with E-state index in [2.05, 4.69) is 20.7 Å². The SMILES string of the molecule is Cc1nc(NCc2cnn(Cc3ccc(F)cc3)c2)cc2c1NC(=O)[C@H](C)N2C.S. The third-order valence-electron chi connectivity index (χ3n) is 5.19. The molecule has 1 aromatic carbocycles. The molecule has 3 aromatic rings. The first-order valence-corrected chi connectivity index (χ1v) is 9.45. The number of rotatable bonds is 5. The third-order valence-corrected chi connectivity index (χ3v) is 5.19. The maximum atomic E-state index is 13.0. The maximum absolute atomic E-state index is 13.0. The fourth-order valence-corrected chi connectivity index (χ4v) is 3.34. The molecule has 0 saturated carbocycles. The lowest BCUT2D eigenvalue weighted by atomic mass is 10.1. The van der Waals surface area contributed by atoms with Crippen LogP contribution in [0, 0.1) is 12.7 Å². The molecule has 0 bridgehead atoms. The maximum Gasteiger partial charge on any atom is 0.246 e. The van der Waals surface area contributed by atoms with Gasteiger partial charge in [-0.05, 0) is 31.5 Å². The Morgan fingerprint density at radius 1 is 1.23 bits per heavy atom. The van der Waals surface area contributed by atoms with Crippen LogP contribution in [0.1, 0.15) is 23.7 Å². The van der Waals surface area contributed by atoms with Crippen molar-refractivity contribution in [2.75, 3.05) is 22.6 Å². The van der Waals surface area contributed by atoms with Crippen LogP contribution in [0.25, 0.3) is 0 Å². The number of anilines is 3. The van der Waals surface area contributed by atoms with E-state index in [0.29, 0.717) is 13.1 Å². The van der Waals surface area contributed by atoms with Gasteiger partial charge in [-0.15, -0.1) is 0 Å². The van der Waals surface area contributed by atoms with E-state index < -0.39 is 0 Å². The molecule has 0 radical (unpaired) electrons. The molecule has 1 atom stereocenters. The second-order valence-electron chi connectivity index (χ2n) is 7.29. The van der Waals surface area contributed by atoms with Gasteiger partial charge in [0.1, 0.15) is 17.7 Å². The number of pyridine rings is 1. The quantitative estimate of drug-likeness (QED) is 0.652. The van der Waals surface area contributed by atoms with Crippen LogP contribution in [-0.4, -0.2) is 33.8 Å². The molecule has 4 rings (SSSR count). The van der Waals surface area contributed by atoms with Crippen molar-refractivity contribution < 1.29 is 9.18 Å². The zero-order valence-electron chi connectivity index (χ0n) is 17.1. The molecule has 30 heavy (non-hydrogen) atoms. The average Bonchev–Trinajstić information content (AvgIpc) is 3.15. The second kappa shape index (κ2) is 8.74. The lowest BCUT2D eigenvalue weighted by Crippen LogP contribution is -2.44. The van der Waals surface area contributed by atoms with Gasteiger partial charge in [-0.25, -0.2) is 9.37 Å². The zero-order chi connectivity index (χ0) is 20.5. The predicted molar refractivity (Wildman–Crippen MR) is 121 cm³/mol. The minimum absolute atomic E-state index is 0. The number of nitrogens with one attached hydrogen (secondary N) is 2. The number of hydrogen-bond acceptors (Lipinski definition) is 5. The molecule has 2 N–H and O–H groups in total. The summed E-state index contributed by atoms with van der Waals surface area (Å²) in [7, 11) is 1.91. The smallest absolute Gasteiger partial charge is 0.246 e. The number of benzene rings is 1. The number of aryl methyl sites for hydroxylation is 1. The number of amides is 1. The van der Waals surface area contributed by atoms with Crippen LogP contribution in [0.2, 0.25) is 0 Å². The van der Waals surface area contributed by atoms with Crippen LogP contribution in [0.15, 0.2) is 42.7 Å². The Morgan fingerprint density at radius 2 is 1.97 bits per heavy atom. The van der Waals surface area contributed by atoms with E-state index in [1.54, 1.807) is 18.3 Å². The van der Waals surface area contributed by atoms with E-state index in [0.717, 1.165) is 34.0 Å². The number of halogens is 1. The van der Waals surface area contributed by atoms with Gasteiger partial charge in [0.2, 0.25) is 5.91 Å². The summed E-state index contributed by atoms with van der Waals surface area (Å²) >= 11 is 0. The molecular formula is C21H25FN6OS. The summed E-state index contributed by atoms with van der Waals surface area (Å²) in [6, 6.07) is 8.12. The minimum atomic E-state index is -0.244. The van der Waals surface area contributed by atoms with Gasteiger partial charge in [-0.2, -0.15) is 18.6 Å². The normalized spacial score (nSPS) is 15.3. The first-order valence-electron chi connectivity index (χ1n) is 9.45. The molecule has 9 heteroatoms. The topological polar surface area (TPSA) is 75.1 Å². The molecule has 7 nitrogen and oxygen atoms in total. The third kappa shape index (κ3) is 4.40. The lowest BCUT2D eigenvalue weighted by molar-refractivity contribution is -0.117. The monoisotopic (exact) mass is 428 g/mol. The second-order valence-corrected chi connectivity index (χ2v) is 7.29. The van der Waals surface area contributed by atoms with Gasteiger partial charge < -0.3 is 15.5 Å². The van der Waals surface area contributed by atoms with Crippen LogP contribution in [0.4, 0.5) is 21.6 Å². The van der Waals surface area contributed by atoms with Gasteiger partial charge in [0, 0.05) is 31.4 Å². The molecule has 2 aromatic heterocycles. The molecule has 0 saturated heterocycles. The first kappa shape index (κ1) is 21.6. The average molecular weight is 429 g/mol. The van der Waals surface area contributed by atoms with Crippen LogP contribution in [0.3, 0.4) is 0 Å². The van der Waals surface area contributed by atoms with Crippen molar-refractivity contribution in [1.82, 2.24) is 14.8 Å². The van der Waals surface area contributed by atoms with E-state index in [-0.39, 0.29) is 31.3 Å². The van der Waals surface area contributed by atoms with E-state index in [1.807, 2.05) is 42.7 Å². The molecule has 0 aliphatic carbocycles. The summed E-state index contributed by atoms with van der Waals surface area (Å²) in [5.74, 6) is 0.466. The van der Waals surface area contributed by atoms with E-state index in [1.165, 1.54) is 12.1 Å². The Labute approximate surface area is 181 Å². The van der Waals surface area contributed by atoms with Crippen LogP contribution < -0.4 is 15.5 Å². The molecule has 1 amide bonds. The van der Waals surface area contributed by atoms with Gasteiger partial charge in [0.25, 0.3) is 0 Å². The number of hydrogen-bond donors (Lipinski definition) is 2. The van der Waals surface area contributed by atoms with E-state index in [9.17, 15) is 9.18 Å². The zero-order valence-corrected chi connectivity index (χ0v) is 18.1. The van der Waals surface area contributed by atoms with Crippen molar-refractivity contribution in [3.63, 3.8) is 0 Å². The molecular weight excluding hydrogens is 403 g/mol. The van der Waals surface area contributed by atoms with Gasteiger partial charge in [0.05, 0.1) is 29.8 Å². The minimum Gasteiger partial charge on any atom is -0.366 e. The van der Waals surface area contributed by atoms with Crippen molar-refractivity contribution in [2.24, 2.45) is 0 Å². The number of carbonyl (C=O) groups is 1. The molecule has 0 unspecified atom stereocenters. The number of fused-ring (bicyclic) bond motifs is 1. The van der Waals surface area contributed by atoms with Crippen LogP contribution in [0.5, 0.6) is 0 Å². The summed E-state index contributed by atoms with van der Waals surface area (Å²) in [6.07, 6.45) is 3.76. The van der Waals surface area contributed by atoms with Gasteiger partial charge >= 0.3 is 0 Å². The molecule has 1 aliphatic rings. The molecule has 0 spiro atoms. The van der Waals surface area contributed by atoms with Gasteiger partial charge in [-0.1, -0.05) is 12.1 Å². The summed E-state index contributed by atoms with van der Waals surface area (Å²) in [4.78, 5) is 18.6. The number of aromatic nitrogens is 3. The lowest BCUT2D eigenvalue weighted by Gasteiger charge is -2.34. The van der Waals surface area contributed by atoms with Crippen molar-refractivity contribution in [1.29, 1.82) is 0 Å². The number of carbonyl (C=O) groups excluding carboxylic acids is 1. The highest BCUT2D eigenvalue weighted by Gasteiger charge is 2.28. The van der Waals surface area contributed by atoms with Crippen molar-refractivity contribution in [3.05, 3.63) is 65.4 Å². The number of nitrogens with zero attached hydrogens (tertiary/aromatic N) is 4. The fraction of sp³-hybridized carbons (Fsp3) is 0.286. The Kier molecular flexibility index (Phi) is 6.31. The molecule has 1 aliphatic heterocycles. The van der Waals surface area contributed by atoms with Gasteiger partial charge in [0.15, 0.2) is 0 Å². The summed E-state index contributed by atoms with van der Waals surface area (Å²) in [5.41, 5.74) is 4.47. The Balaban J connectivity index is 0.00000256. The highest BCUT2D eigenvalue weighted by atomic mass is 32.1. The molecule has 0 fully saturated rings. The van der Waals surface area contributed by atoms with Crippen LogP contribution >= 0.6 is 13.5 Å². The fourth-order valence-electron chi connectivity index (χ4n) is 3.34.